The van der Waals surface area contributed by atoms with Crippen LogP contribution in [0.4, 0.5) is 24.5 Å². The van der Waals surface area contributed by atoms with Gasteiger partial charge in [0.15, 0.2) is 0 Å². The van der Waals surface area contributed by atoms with Crippen molar-refractivity contribution in [3.63, 3.8) is 0 Å². The van der Waals surface area contributed by atoms with Gasteiger partial charge in [-0.3, -0.25) is 4.79 Å². The van der Waals surface area contributed by atoms with Gasteiger partial charge in [0.05, 0.1) is 16.9 Å². The van der Waals surface area contributed by atoms with Crippen molar-refractivity contribution < 1.29 is 18.0 Å². The van der Waals surface area contributed by atoms with Crippen molar-refractivity contribution in [2.24, 2.45) is 0 Å². The van der Waals surface area contributed by atoms with E-state index in [0.717, 1.165) is 35.1 Å². The second kappa shape index (κ2) is 6.44. The maximum Gasteiger partial charge on any atom is 0.416 e. The molecule has 0 radical (unpaired) electrons. The Balaban J connectivity index is 1.79. The van der Waals surface area contributed by atoms with Gasteiger partial charge in [0.2, 0.25) is 0 Å². The van der Waals surface area contributed by atoms with Gasteiger partial charge in [-0.25, -0.2) is 0 Å². The summed E-state index contributed by atoms with van der Waals surface area (Å²) in [6, 6.07) is 11.0. The summed E-state index contributed by atoms with van der Waals surface area (Å²) in [5.74, 6) is -0.256. The molecule has 0 N–H and O–H groups in total. The third-order valence-electron chi connectivity index (χ3n) is 5.01. The zero-order chi connectivity index (χ0) is 18.5. The molecule has 26 heavy (non-hydrogen) atoms. The Labute approximate surface area is 162 Å². The molecule has 2 aromatic carbocycles. The van der Waals surface area contributed by atoms with Crippen molar-refractivity contribution in [2.45, 2.75) is 25.1 Å². The fraction of sp³-hybridized carbons (Fsp3) is 0.316. The minimum atomic E-state index is -4.44. The first-order chi connectivity index (χ1) is 12.3. The van der Waals surface area contributed by atoms with E-state index in [1.165, 1.54) is 11.0 Å². The molecule has 2 aliphatic rings. The molecule has 1 unspecified atom stereocenters. The summed E-state index contributed by atoms with van der Waals surface area (Å²) in [7, 11) is 0. The number of carbonyl (C=O) groups is 1. The van der Waals surface area contributed by atoms with Gasteiger partial charge in [-0.15, -0.1) is 0 Å². The van der Waals surface area contributed by atoms with Gasteiger partial charge in [-0.2, -0.15) is 13.2 Å². The monoisotopic (exact) mass is 472 g/mol. The lowest BCUT2D eigenvalue weighted by Crippen LogP contribution is -2.48. The number of rotatable bonds is 1. The topological polar surface area (TPSA) is 23.6 Å². The van der Waals surface area contributed by atoms with E-state index in [0.29, 0.717) is 23.5 Å². The van der Waals surface area contributed by atoms with E-state index in [2.05, 4.69) is 27.5 Å². The first-order valence-corrected chi connectivity index (χ1v) is 9.48. The smallest absolute Gasteiger partial charge is 0.365 e. The summed E-state index contributed by atoms with van der Waals surface area (Å²) >= 11 is 2.15. The molecule has 3 nitrogen and oxygen atoms in total. The number of amides is 1. The summed E-state index contributed by atoms with van der Waals surface area (Å²) in [5, 5.41) is 0. The minimum absolute atomic E-state index is 0.159. The standard InChI is InChI=1S/C19H16F3IN2O/c20-19(21,22)13-5-8-16-17(10-13)25(11-15-2-1-9-24(15)16)18(26)12-3-6-14(23)7-4-12/h3-8,10,15H,1-2,9,11H2. The molecule has 136 valence electrons. The number of fused-ring (bicyclic) bond motifs is 3. The third-order valence-corrected chi connectivity index (χ3v) is 5.73. The number of hydrogen-bond donors (Lipinski definition) is 0. The average Bonchev–Trinajstić information content (AvgIpc) is 3.08. The highest BCUT2D eigenvalue weighted by atomic mass is 127. The summed E-state index contributed by atoms with van der Waals surface area (Å²) < 4.78 is 40.6. The molecule has 0 aliphatic carbocycles. The number of anilines is 2. The second-order valence-electron chi connectivity index (χ2n) is 6.61. The number of carbonyl (C=O) groups excluding carboxylic acids is 1. The SMILES string of the molecule is O=C(c1ccc(I)cc1)N1CC2CCCN2c2ccc(C(F)(F)F)cc21. The Morgan fingerprint density at radius 1 is 1.08 bits per heavy atom. The third kappa shape index (κ3) is 3.06. The Morgan fingerprint density at radius 2 is 1.81 bits per heavy atom. The minimum Gasteiger partial charge on any atom is -0.365 e. The zero-order valence-corrected chi connectivity index (χ0v) is 15.9. The second-order valence-corrected chi connectivity index (χ2v) is 7.86. The molecule has 1 amide bonds. The average molecular weight is 472 g/mol. The van der Waals surface area contributed by atoms with Crippen LogP contribution in [0.1, 0.15) is 28.8 Å². The predicted octanol–water partition coefficient (Wildman–Crippen LogP) is 4.94. The molecule has 1 saturated heterocycles. The fourth-order valence-corrected chi connectivity index (χ4v) is 4.11. The van der Waals surface area contributed by atoms with Crippen LogP contribution >= 0.6 is 22.6 Å². The van der Waals surface area contributed by atoms with Gasteiger partial charge in [0.25, 0.3) is 5.91 Å². The molecule has 0 saturated carbocycles. The van der Waals surface area contributed by atoms with Crippen molar-refractivity contribution in [3.8, 4) is 0 Å². The molecule has 1 atom stereocenters. The maximum absolute atomic E-state index is 13.2. The van der Waals surface area contributed by atoms with Crippen LogP contribution in [0.2, 0.25) is 0 Å². The van der Waals surface area contributed by atoms with Gasteiger partial charge < -0.3 is 9.80 Å². The van der Waals surface area contributed by atoms with Gasteiger partial charge >= 0.3 is 6.18 Å². The highest BCUT2D eigenvalue weighted by molar-refractivity contribution is 14.1. The molecule has 4 rings (SSSR count). The molecule has 0 aromatic heterocycles. The highest BCUT2D eigenvalue weighted by Crippen LogP contribution is 2.43. The van der Waals surface area contributed by atoms with E-state index in [9.17, 15) is 18.0 Å². The summed E-state index contributed by atoms with van der Waals surface area (Å²) in [6.45, 7) is 1.23. The number of benzene rings is 2. The van der Waals surface area contributed by atoms with Gasteiger partial charge in [0, 0.05) is 28.3 Å². The number of halogens is 4. The van der Waals surface area contributed by atoms with Crippen LogP contribution in [-0.4, -0.2) is 25.0 Å². The Hall–Kier alpha value is -1.77. The summed E-state index contributed by atoms with van der Waals surface area (Å²) in [6.07, 6.45) is -2.51. The van der Waals surface area contributed by atoms with E-state index in [1.54, 1.807) is 12.1 Å². The summed E-state index contributed by atoms with van der Waals surface area (Å²) in [4.78, 5) is 16.7. The molecule has 0 bridgehead atoms. The lowest BCUT2D eigenvalue weighted by atomic mass is 10.0. The van der Waals surface area contributed by atoms with Gasteiger partial charge in [-0.1, -0.05) is 0 Å². The van der Waals surface area contributed by atoms with Gasteiger partial charge in [0.1, 0.15) is 0 Å². The first kappa shape index (κ1) is 17.6. The molecule has 0 spiro atoms. The Kier molecular flexibility index (Phi) is 4.37. The van der Waals surface area contributed by atoms with Crippen LogP contribution in [0.15, 0.2) is 42.5 Å². The van der Waals surface area contributed by atoms with Crippen molar-refractivity contribution in [1.82, 2.24) is 0 Å². The lowest BCUT2D eigenvalue weighted by molar-refractivity contribution is -0.137. The highest BCUT2D eigenvalue weighted by Gasteiger charge is 2.39. The van der Waals surface area contributed by atoms with Crippen molar-refractivity contribution >= 4 is 39.9 Å². The van der Waals surface area contributed by atoms with Crippen LogP contribution in [-0.2, 0) is 6.18 Å². The quantitative estimate of drug-likeness (QED) is 0.550. The van der Waals surface area contributed by atoms with Crippen molar-refractivity contribution in [3.05, 3.63) is 57.2 Å². The van der Waals surface area contributed by atoms with Crippen LogP contribution in [0, 0.1) is 3.57 Å². The molecular weight excluding hydrogens is 456 g/mol. The van der Waals surface area contributed by atoms with E-state index >= 15 is 0 Å². The van der Waals surface area contributed by atoms with Crippen molar-refractivity contribution in [2.75, 3.05) is 22.9 Å². The number of hydrogen-bond acceptors (Lipinski definition) is 2. The fourth-order valence-electron chi connectivity index (χ4n) is 3.75. The largest absolute Gasteiger partial charge is 0.416 e. The van der Waals surface area contributed by atoms with Crippen LogP contribution < -0.4 is 9.80 Å². The van der Waals surface area contributed by atoms with E-state index in [4.69, 9.17) is 0 Å². The zero-order valence-electron chi connectivity index (χ0n) is 13.8. The maximum atomic E-state index is 13.2. The molecule has 1 fully saturated rings. The Morgan fingerprint density at radius 3 is 2.50 bits per heavy atom. The Bertz CT molecular complexity index is 851. The molecule has 2 heterocycles. The number of nitrogens with zero attached hydrogens (tertiary/aromatic N) is 2. The number of alkyl halides is 3. The predicted molar refractivity (Wildman–Crippen MR) is 103 cm³/mol. The van der Waals surface area contributed by atoms with Gasteiger partial charge in [-0.05, 0) is 77.9 Å². The van der Waals surface area contributed by atoms with E-state index in [-0.39, 0.29) is 11.9 Å². The van der Waals surface area contributed by atoms with E-state index in [1.807, 2.05) is 12.1 Å². The van der Waals surface area contributed by atoms with Crippen LogP contribution in [0.3, 0.4) is 0 Å². The van der Waals surface area contributed by atoms with Crippen molar-refractivity contribution in [1.29, 1.82) is 0 Å². The van der Waals surface area contributed by atoms with Crippen LogP contribution in [0.5, 0.6) is 0 Å². The normalized spacial score (nSPS) is 19.3. The molecule has 2 aliphatic heterocycles. The molecular formula is C19H16F3IN2O. The van der Waals surface area contributed by atoms with Crippen LogP contribution in [0.25, 0.3) is 0 Å². The lowest BCUT2D eigenvalue weighted by Gasteiger charge is -2.40. The molecule has 2 aromatic rings. The summed E-state index contributed by atoms with van der Waals surface area (Å²) in [5.41, 5.74) is 0.821. The molecule has 7 heteroatoms. The first-order valence-electron chi connectivity index (χ1n) is 8.40. The van der Waals surface area contributed by atoms with E-state index < -0.39 is 11.7 Å².